The lowest BCUT2D eigenvalue weighted by atomic mass is 10.1. The van der Waals surface area contributed by atoms with Gasteiger partial charge in [-0.1, -0.05) is 0 Å². The summed E-state index contributed by atoms with van der Waals surface area (Å²) in [6, 6.07) is 2.91. The number of nitrogens with one attached hydrogen (secondary N) is 1. The molecule has 0 saturated carbocycles. The van der Waals surface area contributed by atoms with Crippen LogP contribution in [0.3, 0.4) is 0 Å². The van der Waals surface area contributed by atoms with Crippen LogP contribution in [-0.4, -0.2) is 37.0 Å². The minimum absolute atomic E-state index is 0.0312. The fraction of sp³-hybridized carbons (Fsp3) is 0.533. The van der Waals surface area contributed by atoms with Crippen molar-refractivity contribution in [1.82, 2.24) is 10.2 Å². The van der Waals surface area contributed by atoms with Gasteiger partial charge in [-0.2, -0.15) is 0 Å². The van der Waals surface area contributed by atoms with Crippen LogP contribution in [0.25, 0.3) is 0 Å². The van der Waals surface area contributed by atoms with Crippen molar-refractivity contribution in [3.63, 3.8) is 0 Å². The maximum Gasteiger partial charge on any atom is 0.254 e. The summed E-state index contributed by atoms with van der Waals surface area (Å²) in [5.41, 5.74) is 6.49. The topological polar surface area (TPSA) is 58.4 Å². The zero-order valence-corrected chi connectivity index (χ0v) is 11.9. The highest BCUT2D eigenvalue weighted by atomic mass is 19.1. The number of amides is 1. The third kappa shape index (κ3) is 3.70. The number of hydrogen-bond donors (Lipinski definition) is 2. The van der Waals surface area contributed by atoms with Gasteiger partial charge in [0.1, 0.15) is 5.82 Å². The number of carbonyl (C=O) groups is 1. The van der Waals surface area contributed by atoms with Crippen LogP contribution in [0.1, 0.15) is 35.2 Å². The van der Waals surface area contributed by atoms with Gasteiger partial charge < -0.3 is 16.0 Å². The van der Waals surface area contributed by atoms with Crippen molar-refractivity contribution in [2.75, 3.05) is 31.9 Å². The Balaban J connectivity index is 1.82. The maximum atomic E-state index is 13.9. The molecule has 0 aliphatic carbocycles. The summed E-state index contributed by atoms with van der Waals surface area (Å²) in [7, 11) is 0. The molecule has 1 fully saturated rings. The summed E-state index contributed by atoms with van der Waals surface area (Å²) in [6.07, 6.45) is 3.41. The first-order chi connectivity index (χ1) is 9.58. The van der Waals surface area contributed by atoms with Gasteiger partial charge in [-0.3, -0.25) is 4.79 Å². The number of halogens is 1. The number of carbonyl (C=O) groups excluding carboxylic acids is 1. The van der Waals surface area contributed by atoms with Crippen LogP contribution in [0, 0.1) is 12.7 Å². The predicted molar refractivity (Wildman–Crippen MR) is 78.2 cm³/mol. The average molecular weight is 279 g/mol. The van der Waals surface area contributed by atoms with Gasteiger partial charge in [-0.15, -0.1) is 0 Å². The fourth-order valence-electron chi connectivity index (χ4n) is 2.57. The summed E-state index contributed by atoms with van der Waals surface area (Å²) >= 11 is 0. The molecule has 1 aromatic carbocycles. The minimum atomic E-state index is -0.490. The van der Waals surface area contributed by atoms with Gasteiger partial charge in [0.15, 0.2) is 0 Å². The Labute approximate surface area is 119 Å². The Kier molecular flexibility index (Phi) is 4.95. The van der Waals surface area contributed by atoms with Crippen LogP contribution in [-0.2, 0) is 0 Å². The van der Waals surface area contributed by atoms with Gasteiger partial charge in [0.05, 0.1) is 5.56 Å². The molecule has 1 amide bonds. The van der Waals surface area contributed by atoms with Crippen molar-refractivity contribution in [3.8, 4) is 0 Å². The Morgan fingerprint density at radius 3 is 2.80 bits per heavy atom. The molecule has 0 bridgehead atoms. The molecular weight excluding hydrogens is 257 g/mol. The van der Waals surface area contributed by atoms with E-state index in [9.17, 15) is 9.18 Å². The van der Waals surface area contributed by atoms with Gasteiger partial charge in [0.2, 0.25) is 0 Å². The van der Waals surface area contributed by atoms with Crippen LogP contribution >= 0.6 is 0 Å². The normalized spacial score (nSPS) is 15.5. The first-order valence-corrected chi connectivity index (χ1v) is 7.14. The lowest BCUT2D eigenvalue weighted by molar-refractivity contribution is 0.0948. The second kappa shape index (κ2) is 6.70. The zero-order valence-electron chi connectivity index (χ0n) is 11.9. The summed E-state index contributed by atoms with van der Waals surface area (Å²) in [5.74, 6) is -0.879. The number of nitrogen functional groups attached to an aromatic ring is 1. The van der Waals surface area contributed by atoms with E-state index < -0.39 is 5.82 Å². The number of nitrogens with two attached hydrogens (primary N) is 1. The maximum absolute atomic E-state index is 13.9. The molecule has 1 aromatic rings. The molecule has 1 saturated heterocycles. The van der Waals surface area contributed by atoms with E-state index in [4.69, 9.17) is 5.73 Å². The van der Waals surface area contributed by atoms with Crippen LogP contribution in [0.2, 0.25) is 0 Å². The Hall–Kier alpha value is -1.62. The molecule has 3 N–H and O–H groups in total. The molecule has 0 spiro atoms. The van der Waals surface area contributed by atoms with E-state index in [-0.39, 0.29) is 11.5 Å². The SMILES string of the molecule is Cc1cc(N)cc(C(=O)NCCCN2CCCC2)c1F. The average Bonchev–Trinajstić information content (AvgIpc) is 2.91. The number of benzene rings is 1. The third-order valence-corrected chi connectivity index (χ3v) is 3.66. The first kappa shape index (κ1) is 14.8. The predicted octanol–water partition coefficient (Wildman–Crippen LogP) is 1.93. The largest absolute Gasteiger partial charge is 0.399 e. The van der Waals surface area contributed by atoms with Crippen molar-refractivity contribution in [3.05, 3.63) is 29.1 Å². The first-order valence-electron chi connectivity index (χ1n) is 7.14. The highest BCUT2D eigenvalue weighted by Gasteiger charge is 2.15. The van der Waals surface area contributed by atoms with Crippen molar-refractivity contribution < 1.29 is 9.18 Å². The minimum Gasteiger partial charge on any atom is -0.399 e. The molecule has 1 heterocycles. The van der Waals surface area contributed by atoms with Gasteiger partial charge in [-0.05, 0) is 63.5 Å². The molecule has 0 unspecified atom stereocenters. The van der Waals surface area contributed by atoms with Crippen LogP contribution in [0.15, 0.2) is 12.1 Å². The van der Waals surface area contributed by atoms with Crippen LogP contribution in [0.5, 0.6) is 0 Å². The Morgan fingerprint density at radius 1 is 1.40 bits per heavy atom. The molecule has 0 aromatic heterocycles. The lowest BCUT2D eigenvalue weighted by Gasteiger charge is -2.14. The molecule has 20 heavy (non-hydrogen) atoms. The Bertz CT molecular complexity index is 484. The number of rotatable bonds is 5. The highest BCUT2D eigenvalue weighted by Crippen LogP contribution is 2.17. The smallest absolute Gasteiger partial charge is 0.254 e. The number of nitrogens with zero attached hydrogens (tertiary/aromatic N) is 1. The van der Waals surface area contributed by atoms with Gasteiger partial charge in [0.25, 0.3) is 5.91 Å². The molecule has 5 heteroatoms. The summed E-state index contributed by atoms with van der Waals surface area (Å²) in [5, 5.41) is 2.76. The van der Waals surface area contributed by atoms with Gasteiger partial charge >= 0.3 is 0 Å². The lowest BCUT2D eigenvalue weighted by Crippen LogP contribution is -2.29. The molecule has 1 aliphatic heterocycles. The van der Waals surface area contributed by atoms with Crippen molar-refractivity contribution >= 4 is 11.6 Å². The Morgan fingerprint density at radius 2 is 2.10 bits per heavy atom. The third-order valence-electron chi connectivity index (χ3n) is 3.66. The quantitative estimate of drug-likeness (QED) is 0.639. The van der Waals surface area contributed by atoms with E-state index in [2.05, 4.69) is 10.2 Å². The highest BCUT2D eigenvalue weighted by molar-refractivity contribution is 5.95. The van der Waals surface area contributed by atoms with E-state index in [1.54, 1.807) is 6.92 Å². The van der Waals surface area contributed by atoms with E-state index >= 15 is 0 Å². The summed E-state index contributed by atoms with van der Waals surface area (Å²) < 4.78 is 13.9. The van der Waals surface area contributed by atoms with Crippen LogP contribution < -0.4 is 11.1 Å². The molecule has 110 valence electrons. The molecular formula is C15H22FN3O. The summed E-state index contributed by atoms with van der Waals surface area (Å²) in [6.45, 7) is 5.45. The van der Waals surface area contributed by atoms with Crippen molar-refractivity contribution in [1.29, 1.82) is 0 Å². The monoisotopic (exact) mass is 279 g/mol. The van der Waals surface area contributed by atoms with E-state index in [1.807, 2.05) is 0 Å². The number of hydrogen-bond acceptors (Lipinski definition) is 3. The van der Waals surface area contributed by atoms with E-state index in [0.717, 1.165) is 26.1 Å². The van der Waals surface area contributed by atoms with Gasteiger partial charge in [0, 0.05) is 12.2 Å². The zero-order chi connectivity index (χ0) is 14.5. The van der Waals surface area contributed by atoms with E-state index in [0.29, 0.717) is 17.8 Å². The van der Waals surface area contributed by atoms with Crippen molar-refractivity contribution in [2.45, 2.75) is 26.2 Å². The second-order valence-electron chi connectivity index (χ2n) is 5.36. The fourth-order valence-corrected chi connectivity index (χ4v) is 2.57. The number of anilines is 1. The number of likely N-dealkylation sites (tertiary alicyclic amines) is 1. The number of aryl methyl sites for hydroxylation is 1. The standard InChI is InChI=1S/C15H22FN3O/c1-11-9-12(17)10-13(14(11)16)15(20)18-5-4-8-19-6-2-3-7-19/h9-10H,2-8,17H2,1H3,(H,18,20). The molecule has 0 radical (unpaired) electrons. The summed E-state index contributed by atoms with van der Waals surface area (Å²) in [4.78, 5) is 14.3. The molecule has 2 rings (SSSR count). The molecule has 4 nitrogen and oxygen atoms in total. The van der Waals surface area contributed by atoms with E-state index in [1.165, 1.54) is 25.0 Å². The van der Waals surface area contributed by atoms with Crippen LogP contribution in [0.4, 0.5) is 10.1 Å². The second-order valence-corrected chi connectivity index (χ2v) is 5.36. The molecule has 1 aliphatic rings. The van der Waals surface area contributed by atoms with Gasteiger partial charge in [-0.25, -0.2) is 4.39 Å². The van der Waals surface area contributed by atoms with Crippen molar-refractivity contribution in [2.24, 2.45) is 0 Å². The molecule has 0 atom stereocenters.